The van der Waals surface area contributed by atoms with E-state index in [0.717, 1.165) is 18.4 Å². The van der Waals surface area contributed by atoms with E-state index in [1.54, 1.807) is 0 Å². The Morgan fingerprint density at radius 1 is 1.10 bits per heavy atom. The number of aliphatic hydroxyl groups excluding tert-OH is 1. The average molecular weight is 274 g/mol. The minimum absolute atomic E-state index is 0.227. The van der Waals surface area contributed by atoms with E-state index in [2.05, 4.69) is 34.9 Å². The standard InChI is InChI=1S/C17H26N2O/c20-12-10-13-6-8-14(9-7-13)19-17-4-1-3-15(17)16-5-2-11-18-16/h6-9,15-20H,1-5,10-12H2. The maximum atomic E-state index is 8.95. The highest BCUT2D eigenvalue weighted by Gasteiger charge is 2.34. The molecule has 20 heavy (non-hydrogen) atoms. The van der Waals surface area contributed by atoms with Gasteiger partial charge in [-0.25, -0.2) is 0 Å². The average Bonchev–Trinajstić information content (AvgIpc) is 3.12. The zero-order chi connectivity index (χ0) is 13.8. The largest absolute Gasteiger partial charge is 0.396 e. The Bertz CT molecular complexity index is 412. The smallest absolute Gasteiger partial charge is 0.0471 e. The number of hydrogen-bond acceptors (Lipinski definition) is 3. The lowest BCUT2D eigenvalue weighted by Gasteiger charge is -2.27. The van der Waals surface area contributed by atoms with Crippen LogP contribution in [-0.4, -0.2) is 30.3 Å². The molecule has 1 aromatic carbocycles. The second-order valence-corrected chi connectivity index (χ2v) is 6.22. The molecule has 1 saturated carbocycles. The van der Waals surface area contributed by atoms with Gasteiger partial charge in [-0.3, -0.25) is 0 Å². The first-order valence-corrected chi connectivity index (χ1v) is 8.06. The lowest BCUT2D eigenvalue weighted by atomic mass is 9.93. The molecule has 1 aliphatic carbocycles. The van der Waals surface area contributed by atoms with E-state index in [0.29, 0.717) is 6.04 Å². The van der Waals surface area contributed by atoms with Crippen molar-refractivity contribution in [2.24, 2.45) is 5.92 Å². The molecule has 3 nitrogen and oxygen atoms in total. The lowest BCUT2D eigenvalue weighted by Crippen LogP contribution is -2.38. The summed E-state index contributed by atoms with van der Waals surface area (Å²) in [4.78, 5) is 0. The van der Waals surface area contributed by atoms with Gasteiger partial charge in [0.1, 0.15) is 0 Å². The third-order valence-electron chi connectivity index (χ3n) is 4.89. The Labute approximate surface area is 121 Å². The van der Waals surface area contributed by atoms with Gasteiger partial charge >= 0.3 is 0 Å². The summed E-state index contributed by atoms with van der Waals surface area (Å²) < 4.78 is 0. The topological polar surface area (TPSA) is 44.3 Å². The molecule has 3 N–H and O–H groups in total. The van der Waals surface area contributed by atoms with Gasteiger partial charge in [-0.2, -0.15) is 0 Å². The molecule has 3 atom stereocenters. The molecule has 1 heterocycles. The van der Waals surface area contributed by atoms with Crippen molar-refractivity contribution in [2.75, 3.05) is 18.5 Å². The molecule has 0 radical (unpaired) electrons. The van der Waals surface area contributed by atoms with Crippen LogP contribution in [0.4, 0.5) is 5.69 Å². The van der Waals surface area contributed by atoms with Crippen LogP contribution < -0.4 is 10.6 Å². The number of benzene rings is 1. The van der Waals surface area contributed by atoms with E-state index in [9.17, 15) is 0 Å². The van der Waals surface area contributed by atoms with Crippen molar-refractivity contribution >= 4 is 5.69 Å². The van der Waals surface area contributed by atoms with Gasteiger partial charge in [0.2, 0.25) is 0 Å². The second-order valence-electron chi connectivity index (χ2n) is 6.22. The molecule has 1 aliphatic heterocycles. The van der Waals surface area contributed by atoms with Crippen LogP contribution in [0.3, 0.4) is 0 Å². The Hall–Kier alpha value is -1.06. The molecule has 0 aromatic heterocycles. The molecule has 0 bridgehead atoms. The fourth-order valence-electron chi connectivity index (χ4n) is 3.84. The highest BCUT2D eigenvalue weighted by Crippen LogP contribution is 2.33. The monoisotopic (exact) mass is 274 g/mol. The first-order valence-electron chi connectivity index (χ1n) is 8.06. The van der Waals surface area contributed by atoms with Crippen molar-refractivity contribution in [1.82, 2.24) is 5.32 Å². The summed E-state index contributed by atoms with van der Waals surface area (Å²) >= 11 is 0. The van der Waals surface area contributed by atoms with E-state index in [4.69, 9.17) is 5.11 Å². The van der Waals surface area contributed by atoms with Crippen LogP contribution in [0.5, 0.6) is 0 Å². The van der Waals surface area contributed by atoms with E-state index in [1.165, 1.54) is 49.9 Å². The molecule has 1 aromatic rings. The first-order chi connectivity index (χ1) is 9.86. The number of hydrogen-bond donors (Lipinski definition) is 3. The lowest BCUT2D eigenvalue weighted by molar-refractivity contribution is 0.299. The predicted octanol–water partition coefficient (Wildman–Crippen LogP) is 2.55. The Balaban J connectivity index is 1.60. The maximum absolute atomic E-state index is 8.95. The van der Waals surface area contributed by atoms with Crippen LogP contribution in [0, 0.1) is 5.92 Å². The van der Waals surface area contributed by atoms with Crippen molar-refractivity contribution < 1.29 is 5.11 Å². The second kappa shape index (κ2) is 6.59. The van der Waals surface area contributed by atoms with Crippen molar-refractivity contribution in [1.29, 1.82) is 0 Å². The summed E-state index contributed by atoms with van der Waals surface area (Å²) in [5.41, 5.74) is 2.43. The minimum atomic E-state index is 0.227. The first kappa shape index (κ1) is 13.9. The maximum Gasteiger partial charge on any atom is 0.0471 e. The molecule has 0 spiro atoms. The van der Waals surface area contributed by atoms with Crippen molar-refractivity contribution in [3.8, 4) is 0 Å². The number of aliphatic hydroxyl groups is 1. The normalized spacial score (nSPS) is 29.8. The molecule has 3 heteroatoms. The van der Waals surface area contributed by atoms with Gasteiger partial charge in [0, 0.05) is 24.4 Å². The molecule has 0 amide bonds. The van der Waals surface area contributed by atoms with Gasteiger partial charge < -0.3 is 15.7 Å². The fraction of sp³-hybridized carbons (Fsp3) is 0.647. The van der Waals surface area contributed by atoms with E-state index in [1.807, 2.05) is 0 Å². The van der Waals surface area contributed by atoms with Crippen LogP contribution >= 0.6 is 0 Å². The van der Waals surface area contributed by atoms with Crippen molar-refractivity contribution in [3.05, 3.63) is 29.8 Å². The molecule has 110 valence electrons. The molecule has 3 rings (SSSR count). The van der Waals surface area contributed by atoms with Gasteiger partial charge in [-0.1, -0.05) is 18.6 Å². The highest BCUT2D eigenvalue weighted by atomic mass is 16.2. The van der Waals surface area contributed by atoms with E-state index < -0.39 is 0 Å². The number of rotatable bonds is 5. The van der Waals surface area contributed by atoms with Gasteiger partial charge in [0.25, 0.3) is 0 Å². The number of anilines is 1. The Morgan fingerprint density at radius 2 is 1.95 bits per heavy atom. The molecule has 1 saturated heterocycles. The summed E-state index contributed by atoms with van der Waals surface area (Å²) in [6, 6.07) is 9.90. The third-order valence-corrected chi connectivity index (χ3v) is 4.89. The minimum Gasteiger partial charge on any atom is -0.396 e. The molecule has 2 fully saturated rings. The van der Waals surface area contributed by atoms with Crippen LogP contribution in [0.2, 0.25) is 0 Å². The van der Waals surface area contributed by atoms with Gasteiger partial charge in [0.15, 0.2) is 0 Å². The zero-order valence-electron chi connectivity index (χ0n) is 12.1. The summed E-state index contributed by atoms with van der Waals surface area (Å²) in [6.07, 6.45) is 7.43. The Kier molecular flexibility index (Phi) is 4.58. The molecule has 3 unspecified atom stereocenters. The predicted molar refractivity (Wildman–Crippen MR) is 83.0 cm³/mol. The highest BCUT2D eigenvalue weighted by molar-refractivity contribution is 5.46. The van der Waals surface area contributed by atoms with Crippen molar-refractivity contribution in [3.63, 3.8) is 0 Å². The van der Waals surface area contributed by atoms with Crippen LogP contribution in [0.1, 0.15) is 37.7 Å². The Morgan fingerprint density at radius 3 is 2.65 bits per heavy atom. The third kappa shape index (κ3) is 3.15. The molecular weight excluding hydrogens is 248 g/mol. The van der Waals surface area contributed by atoms with Gasteiger partial charge in [-0.15, -0.1) is 0 Å². The SMILES string of the molecule is OCCc1ccc(NC2CCCC2C2CCCN2)cc1. The summed E-state index contributed by atoms with van der Waals surface area (Å²) in [5.74, 6) is 0.787. The zero-order valence-corrected chi connectivity index (χ0v) is 12.1. The van der Waals surface area contributed by atoms with Crippen LogP contribution in [0.25, 0.3) is 0 Å². The summed E-state index contributed by atoms with van der Waals surface area (Å²) in [7, 11) is 0. The fourth-order valence-corrected chi connectivity index (χ4v) is 3.84. The van der Waals surface area contributed by atoms with E-state index in [-0.39, 0.29) is 6.61 Å². The van der Waals surface area contributed by atoms with E-state index >= 15 is 0 Å². The summed E-state index contributed by atoms with van der Waals surface area (Å²) in [6.45, 7) is 1.43. The van der Waals surface area contributed by atoms with Crippen molar-refractivity contribution in [2.45, 2.75) is 50.6 Å². The number of nitrogens with one attached hydrogen (secondary N) is 2. The van der Waals surface area contributed by atoms with Crippen LogP contribution in [-0.2, 0) is 6.42 Å². The quantitative estimate of drug-likeness (QED) is 0.773. The summed E-state index contributed by atoms with van der Waals surface area (Å²) in [5, 5.41) is 16.4. The van der Waals surface area contributed by atoms with Crippen LogP contribution in [0.15, 0.2) is 24.3 Å². The van der Waals surface area contributed by atoms with Gasteiger partial charge in [-0.05, 0) is 62.3 Å². The molecule has 2 aliphatic rings. The van der Waals surface area contributed by atoms with Gasteiger partial charge in [0.05, 0.1) is 0 Å². The molecular formula is C17H26N2O.